The first-order valence-corrected chi connectivity index (χ1v) is 5.33. The van der Waals surface area contributed by atoms with Gasteiger partial charge in [-0.2, -0.15) is 0 Å². The van der Waals surface area contributed by atoms with Crippen LogP contribution in [-0.2, 0) is 9.59 Å². The lowest BCUT2D eigenvalue weighted by atomic mass is 9.77. The molecule has 0 radical (unpaired) electrons. The van der Waals surface area contributed by atoms with Crippen molar-refractivity contribution in [2.45, 2.75) is 19.3 Å². The molecule has 0 aromatic heterocycles. The van der Waals surface area contributed by atoms with Crippen molar-refractivity contribution in [1.29, 1.82) is 0 Å². The summed E-state index contributed by atoms with van der Waals surface area (Å²) < 4.78 is 0. The van der Waals surface area contributed by atoms with E-state index >= 15 is 0 Å². The van der Waals surface area contributed by atoms with Gasteiger partial charge in [0.1, 0.15) is 0 Å². The summed E-state index contributed by atoms with van der Waals surface area (Å²) in [6.07, 6.45) is 3.83. The van der Waals surface area contributed by atoms with Crippen molar-refractivity contribution < 1.29 is 9.59 Å². The number of rotatable bonds is 1. The molecule has 2 saturated heterocycles. The summed E-state index contributed by atoms with van der Waals surface area (Å²) in [5, 5.41) is 2.88. The van der Waals surface area contributed by atoms with Gasteiger partial charge in [0, 0.05) is 26.1 Å². The van der Waals surface area contributed by atoms with E-state index in [2.05, 4.69) is 11.9 Å². The number of carbonyl (C=O) groups excluding carboxylic acids is 2. The van der Waals surface area contributed by atoms with Crippen LogP contribution >= 0.6 is 0 Å². The molecule has 0 atom stereocenters. The predicted octanol–water partition coefficient (Wildman–Crippen LogP) is 0.301. The third kappa shape index (κ3) is 1.89. The summed E-state index contributed by atoms with van der Waals surface area (Å²) in [5.41, 5.74) is 0.120. The molecule has 0 unspecified atom stereocenters. The highest BCUT2D eigenvalue weighted by molar-refractivity contribution is 5.87. The van der Waals surface area contributed by atoms with Crippen LogP contribution in [0.4, 0.5) is 0 Å². The molecule has 0 aliphatic carbocycles. The Hall–Kier alpha value is -1.32. The Morgan fingerprint density at radius 2 is 2.13 bits per heavy atom. The highest BCUT2D eigenvalue weighted by atomic mass is 16.2. The summed E-state index contributed by atoms with van der Waals surface area (Å²) in [7, 11) is 0. The topological polar surface area (TPSA) is 49.4 Å². The second-order valence-corrected chi connectivity index (χ2v) is 4.48. The van der Waals surface area contributed by atoms with Gasteiger partial charge >= 0.3 is 0 Å². The van der Waals surface area contributed by atoms with Gasteiger partial charge in [0.05, 0.1) is 0 Å². The zero-order chi connectivity index (χ0) is 10.9. The minimum atomic E-state index is 0.00197. The summed E-state index contributed by atoms with van der Waals surface area (Å²) in [5.74, 6) is 0.153. The maximum Gasteiger partial charge on any atom is 0.245 e. The van der Waals surface area contributed by atoms with Gasteiger partial charge in [0.2, 0.25) is 11.8 Å². The van der Waals surface area contributed by atoms with Crippen LogP contribution in [-0.4, -0.2) is 36.3 Å². The molecule has 0 aromatic rings. The zero-order valence-electron chi connectivity index (χ0n) is 8.79. The largest absolute Gasteiger partial charge is 0.356 e. The molecule has 1 N–H and O–H groups in total. The fourth-order valence-electron chi connectivity index (χ4n) is 2.44. The fraction of sp³-hybridized carbons (Fsp3) is 0.636. The molecule has 2 aliphatic heterocycles. The van der Waals surface area contributed by atoms with Crippen molar-refractivity contribution in [3.63, 3.8) is 0 Å². The molecule has 82 valence electrons. The molecule has 2 aliphatic rings. The van der Waals surface area contributed by atoms with Crippen molar-refractivity contribution in [1.82, 2.24) is 10.2 Å². The second kappa shape index (κ2) is 3.68. The van der Waals surface area contributed by atoms with Gasteiger partial charge in [0.25, 0.3) is 0 Å². The molecule has 4 nitrogen and oxygen atoms in total. The van der Waals surface area contributed by atoms with Crippen LogP contribution in [0.25, 0.3) is 0 Å². The second-order valence-electron chi connectivity index (χ2n) is 4.48. The van der Waals surface area contributed by atoms with E-state index < -0.39 is 0 Å². The molecule has 2 rings (SSSR count). The third-order valence-corrected chi connectivity index (χ3v) is 3.51. The van der Waals surface area contributed by atoms with Gasteiger partial charge in [-0.05, 0) is 24.3 Å². The monoisotopic (exact) mass is 208 g/mol. The lowest BCUT2D eigenvalue weighted by Gasteiger charge is -2.37. The Morgan fingerprint density at radius 1 is 1.47 bits per heavy atom. The van der Waals surface area contributed by atoms with Crippen LogP contribution in [0, 0.1) is 5.41 Å². The molecule has 15 heavy (non-hydrogen) atoms. The van der Waals surface area contributed by atoms with E-state index in [-0.39, 0.29) is 17.2 Å². The van der Waals surface area contributed by atoms with Crippen LogP contribution in [0.1, 0.15) is 19.3 Å². The minimum Gasteiger partial charge on any atom is -0.356 e. The summed E-state index contributed by atoms with van der Waals surface area (Å²) >= 11 is 0. The summed E-state index contributed by atoms with van der Waals surface area (Å²) in [4.78, 5) is 24.3. The van der Waals surface area contributed by atoms with Crippen molar-refractivity contribution in [2.24, 2.45) is 5.41 Å². The first kappa shape index (κ1) is 10.2. The molecule has 2 amide bonds. The van der Waals surface area contributed by atoms with Gasteiger partial charge in [-0.1, -0.05) is 6.58 Å². The van der Waals surface area contributed by atoms with Crippen molar-refractivity contribution >= 4 is 11.8 Å². The maximum atomic E-state index is 11.4. The quantitative estimate of drug-likeness (QED) is 0.630. The van der Waals surface area contributed by atoms with E-state index in [4.69, 9.17) is 0 Å². The van der Waals surface area contributed by atoms with Crippen LogP contribution in [0.2, 0.25) is 0 Å². The number of hydrogen-bond acceptors (Lipinski definition) is 2. The Kier molecular flexibility index (Phi) is 2.50. The van der Waals surface area contributed by atoms with E-state index in [0.717, 1.165) is 32.5 Å². The van der Waals surface area contributed by atoms with Crippen molar-refractivity contribution in [3.8, 4) is 0 Å². The highest BCUT2D eigenvalue weighted by Gasteiger charge is 2.41. The van der Waals surface area contributed by atoms with E-state index in [9.17, 15) is 9.59 Å². The predicted molar refractivity (Wildman–Crippen MR) is 56.1 cm³/mol. The smallest absolute Gasteiger partial charge is 0.245 e. The van der Waals surface area contributed by atoms with Crippen LogP contribution in [0.5, 0.6) is 0 Å². The molecular formula is C11H16N2O2. The minimum absolute atomic E-state index is 0.00197. The van der Waals surface area contributed by atoms with Gasteiger partial charge in [-0.25, -0.2) is 0 Å². The fourth-order valence-corrected chi connectivity index (χ4v) is 2.44. The first-order valence-electron chi connectivity index (χ1n) is 5.33. The zero-order valence-corrected chi connectivity index (χ0v) is 8.79. The van der Waals surface area contributed by atoms with E-state index in [1.165, 1.54) is 6.08 Å². The Morgan fingerprint density at radius 3 is 2.60 bits per heavy atom. The molecule has 2 fully saturated rings. The standard InChI is InChI=1S/C11H16N2O2/c1-2-10(15)13-5-3-11(4-6-13)7-9(14)12-8-11/h2H,1,3-8H2,(H,12,14). The molecule has 4 heteroatoms. The number of likely N-dealkylation sites (tertiary alicyclic amines) is 1. The lowest BCUT2D eigenvalue weighted by molar-refractivity contribution is -0.128. The Balaban J connectivity index is 1.94. The molecule has 0 aromatic carbocycles. The molecule has 0 saturated carbocycles. The summed E-state index contributed by atoms with van der Waals surface area (Å²) in [6.45, 7) is 5.76. The number of nitrogens with one attached hydrogen (secondary N) is 1. The molecule has 1 spiro atoms. The highest BCUT2D eigenvalue weighted by Crippen LogP contribution is 2.37. The molecule has 0 bridgehead atoms. The van der Waals surface area contributed by atoms with Crippen LogP contribution in [0.3, 0.4) is 0 Å². The SMILES string of the molecule is C=CC(=O)N1CCC2(CC1)CNC(=O)C2. The lowest BCUT2D eigenvalue weighted by Crippen LogP contribution is -2.43. The number of hydrogen-bond donors (Lipinski definition) is 1. The number of piperidine rings is 1. The van der Waals surface area contributed by atoms with Crippen LogP contribution < -0.4 is 5.32 Å². The average molecular weight is 208 g/mol. The first-order chi connectivity index (χ1) is 7.15. The van der Waals surface area contributed by atoms with Gasteiger partial charge < -0.3 is 10.2 Å². The number of nitrogens with zero attached hydrogens (tertiary/aromatic N) is 1. The summed E-state index contributed by atoms with van der Waals surface area (Å²) in [6, 6.07) is 0. The van der Waals surface area contributed by atoms with Crippen molar-refractivity contribution in [2.75, 3.05) is 19.6 Å². The van der Waals surface area contributed by atoms with E-state index in [1.807, 2.05) is 0 Å². The average Bonchev–Trinajstić information content (AvgIpc) is 2.60. The normalized spacial score (nSPS) is 24.0. The van der Waals surface area contributed by atoms with Gasteiger partial charge in [-0.15, -0.1) is 0 Å². The van der Waals surface area contributed by atoms with Crippen molar-refractivity contribution in [3.05, 3.63) is 12.7 Å². The number of carbonyl (C=O) groups is 2. The Bertz CT molecular complexity index is 304. The van der Waals surface area contributed by atoms with Gasteiger partial charge in [0.15, 0.2) is 0 Å². The molecule has 2 heterocycles. The third-order valence-electron chi connectivity index (χ3n) is 3.51. The molecular weight excluding hydrogens is 192 g/mol. The van der Waals surface area contributed by atoms with Gasteiger partial charge in [-0.3, -0.25) is 9.59 Å². The van der Waals surface area contributed by atoms with E-state index in [0.29, 0.717) is 6.42 Å². The Labute approximate surface area is 89.3 Å². The number of amides is 2. The van der Waals surface area contributed by atoms with Crippen LogP contribution in [0.15, 0.2) is 12.7 Å². The maximum absolute atomic E-state index is 11.4. The van der Waals surface area contributed by atoms with E-state index in [1.54, 1.807) is 4.90 Å².